The van der Waals surface area contributed by atoms with Gasteiger partial charge in [0.25, 0.3) is 0 Å². The van der Waals surface area contributed by atoms with Crippen LogP contribution in [-0.2, 0) is 11.3 Å². The van der Waals surface area contributed by atoms with Crippen LogP contribution in [0.15, 0.2) is 35.3 Å². The molecule has 1 aliphatic carbocycles. The lowest BCUT2D eigenvalue weighted by Gasteiger charge is -2.38. The van der Waals surface area contributed by atoms with Gasteiger partial charge in [-0.1, -0.05) is 36.8 Å². The van der Waals surface area contributed by atoms with E-state index in [9.17, 15) is 4.79 Å². The van der Waals surface area contributed by atoms with E-state index in [0.717, 1.165) is 77.7 Å². The number of carbonyl (C=O) groups is 1. The number of hydrogen-bond acceptors (Lipinski definition) is 4. The maximum Gasteiger partial charge on any atom is 0.225 e. The third-order valence-electron chi connectivity index (χ3n) is 7.18. The third kappa shape index (κ3) is 7.82. The first-order valence-electron chi connectivity index (χ1n) is 12.5. The molecule has 8 heteroatoms. The Balaban J connectivity index is 0.00000306. The highest BCUT2D eigenvalue weighted by molar-refractivity contribution is 14.0. The predicted molar refractivity (Wildman–Crippen MR) is 145 cm³/mol. The Labute approximate surface area is 216 Å². The normalized spacial score (nSPS) is 22.9. The maximum absolute atomic E-state index is 12.4. The summed E-state index contributed by atoms with van der Waals surface area (Å²) in [5.74, 6) is 1.61. The van der Waals surface area contributed by atoms with Crippen molar-refractivity contribution in [2.45, 2.75) is 44.7 Å². The zero-order chi connectivity index (χ0) is 22.2. The molecule has 2 saturated heterocycles. The molecule has 1 amide bonds. The quantitative estimate of drug-likeness (QED) is 0.301. The zero-order valence-corrected chi connectivity index (χ0v) is 22.4. The number of halogens is 1. The smallest absolute Gasteiger partial charge is 0.225 e. The summed E-state index contributed by atoms with van der Waals surface area (Å²) in [7, 11) is 1.85. The van der Waals surface area contributed by atoms with Crippen molar-refractivity contribution in [1.29, 1.82) is 0 Å². The fraction of sp³-hybridized carbons (Fsp3) is 0.680. The number of rotatable bonds is 7. The fourth-order valence-electron chi connectivity index (χ4n) is 4.98. The monoisotopic (exact) mass is 568 g/mol. The number of piperidine rings is 1. The van der Waals surface area contributed by atoms with Gasteiger partial charge in [-0.2, -0.15) is 0 Å². The number of amides is 1. The summed E-state index contributed by atoms with van der Waals surface area (Å²) in [4.78, 5) is 23.9. The number of aliphatic imine (C=N–C) groups is 1. The van der Waals surface area contributed by atoms with Crippen molar-refractivity contribution in [2.75, 3.05) is 59.4 Å². The van der Waals surface area contributed by atoms with Crippen molar-refractivity contribution >= 4 is 35.8 Å². The van der Waals surface area contributed by atoms with Gasteiger partial charge in [-0.05, 0) is 37.8 Å². The van der Waals surface area contributed by atoms with E-state index >= 15 is 0 Å². The van der Waals surface area contributed by atoms with Crippen molar-refractivity contribution in [2.24, 2.45) is 10.9 Å². The lowest BCUT2D eigenvalue weighted by atomic mass is 9.84. The Kier molecular flexibility index (Phi) is 10.7. The topological polar surface area (TPSA) is 63.2 Å². The Morgan fingerprint density at radius 3 is 2.42 bits per heavy atom. The molecule has 3 aliphatic rings. The van der Waals surface area contributed by atoms with Crippen molar-refractivity contribution < 1.29 is 4.79 Å². The lowest BCUT2D eigenvalue weighted by Crippen LogP contribution is -2.54. The Morgan fingerprint density at radius 2 is 1.76 bits per heavy atom. The van der Waals surface area contributed by atoms with E-state index in [0.29, 0.717) is 17.9 Å². The molecular weight excluding hydrogens is 527 g/mol. The number of benzene rings is 1. The maximum atomic E-state index is 12.4. The summed E-state index contributed by atoms with van der Waals surface area (Å²) < 4.78 is 0. The third-order valence-corrected chi connectivity index (χ3v) is 7.18. The summed E-state index contributed by atoms with van der Waals surface area (Å²) in [5.41, 5.74) is 1.38. The van der Waals surface area contributed by atoms with Crippen LogP contribution >= 0.6 is 24.0 Å². The zero-order valence-electron chi connectivity index (χ0n) is 20.0. The van der Waals surface area contributed by atoms with Crippen LogP contribution in [0.25, 0.3) is 0 Å². The molecule has 1 unspecified atom stereocenters. The first kappa shape index (κ1) is 26.2. The molecule has 0 aromatic heterocycles. The van der Waals surface area contributed by atoms with Crippen LogP contribution in [0.5, 0.6) is 0 Å². The van der Waals surface area contributed by atoms with E-state index in [-0.39, 0.29) is 24.0 Å². The highest BCUT2D eigenvalue weighted by Crippen LogP contribution is 2.28. The second-order valence-electron chi connectivity index (χ2n) is 9.50. The molecule has 0 spiro atoms. The Hall–Kier alpha value is -1.39. The standard InChI is InChI=1S/C25H40N6O.HI/c1-26-25(28-23-11-6-13-30(20-23)19-21-7-3-2-4-8-21)27-12-14-29-15-17-31(18-16-29)24(32)22-9-5-10-22;/h2-4,7-8,22-23H,5-6,9-20H2,1H3,(H2,26,27,28);1H. The van der Waals surface area contributed by atoms with E-state index in [1.807, 2.05) is 7.05 Å². The van der Waals surface area contributed by atoms with E-state index in [1.165, 1.54) is 24.8 Å². The molecular formula is C25H41IN6O. The summed E-state index contributed by atoms with van der Waals surface area (Å²) >= 11 is 0. The number of carbonyl (C=O) groups excluding carboxylic acids is 1. The molecule has 2 N–H and O–H groups in total. The van der Waals surface area contributed by atoms with Gasteiger partial charge < -0.3 is 15.5 Å². The van der Waals surface area contributed by atoms with Gasteiger partial charge >= 0.3 is 0 Å². The number of nitrogens with one attached hydrogen (secondary N) is 2. The van der Waals surface area contributed by atoms with Crippen LogP contribution in [0.3, 0.4) is 0 Å². The number of piperazine rings is 1. The van der Waals surface area contributed by atoms with Crippen LogP contribution in [0.4, 0.5) is 0 Å². The molecule has 4 rings (SSSR count). The van der Waals surface area contributed by atoms with Gasteiger partial charge in [0, 0.05) is 71.4 Å². The van der Waals surface area contributed by atoms with Crippen molar-refractivity contribution in [3.05, 3.63) is 35.9 Å². The Bertz CT molecular complexity index is 749. The van der Waals surface area contributed by atoms with Crippen LogP contribution < -0.4 is 10.6 Å². The fourth-order valence-corrected chi connectivity index (χ4v) is 4.98. The molecule has 33 heavy (non-hydrogen) atoms. The molecule has 7 nitrogen and oxygen atoms in total. The molecule has 3 fully saturated rings. The summed E-state index contributed by atoms with van der Waals surface area (Å²) in [5, 5.41) is 7.13. The molecule has 1 aromatic carbocycles. The molecule has 0 bridgehead atoms. The molecule has 0 radical (unpaired) electrons. The second kappa shape index (κ2) is 13.5. The largest absolute Gasteiger partial charge is 0.355 e. The van der Waals surface area contributed by atoms with E-state index in [2.05, 4.69) is 60.7 Å². The van der Waals surface area contributed by atoms with Crippen molar-refractivity contribution in [1.82, 2.24) is 25.3 Å². The minimum Gasteiger partial charge on any atom is -0.355 e. The average Bonchev–Trinajstić information content (AvgIpc) is 2.78. The van der Waals surface area contributed by atoms with Crippen molar-refractivity contribution in [3.8, 4) is 0 Å². The van der Waals surface area contributed by atoms with Crippen LogP contribution in [-0.4, -0.2) is 92.0 Å². The molecule has 2 heterocycles. The summed E-state index contributed by atoms with van der Waals surface area (Å²) in [6, 6.07) is 11.2. The van der Waals surface area contributed by atoms with Gasteiger partial charge in [0.05, 0.1) is 0 Å². The van der Waals surface area contributed by atoms with Gasteiger partial charge in [0.2, 0.25) is 5.91 Å². The number of likely N-dealkylation sites (tertiary alicyclic amines) is 1. The van der Waals surface area contributed by atoms with E-state index in [4.69, 9.17) is 0 Å². The Morgan fingerprint density at radius 1 is 1.00 bits per heavy atom. The number of guanidine groups is 1. The minimum atomic E-state index is 0. The van der Waals surface area contributed by atoms with Crippen LogP contribution in [0, 0.1) is 5.92 Å². The SMILES string of the molecule is CN=C(NCCN1CCN(C(=O)C2CCC2)CC1)NC1CCCN(Cc2ccccc2)C1.I. The molecule has 1 saturated carbocycles. The van der Waals surface area contributed by atoms with Crippen LogP contribution in [0.2, 0.25) is 0 Å². The summed E-state index contributed by atoms with van der Waals surface area (Å²) in [6.45, 7) is 8.78. The second-order valence-corrected chi connectivity index (χ2v) is 9.50. The van der Waals surface area contributed by atoms with E-state index < -0.39 is 0 Å². The first-order chi connectivity index (χ1) is 15.7. The summed E-state index contributed by atoms with van der Waals surface area (Å²) in [6.07, 6.45) is 5.82. The van der Waals surface area contributed by atoms with Gasteiger partial charge in [-0.15, -0.1) is 24.0 Å². The van der Waals surface area contributed by atoms with Gasteiger partial charge in [-0.3, -0.25) is 19.6 Å². The molecule has 184 valence electrons. The van der Waals surface area contributed by atoms with Gasteiger partial charge in [0.15, 0.2) is 5.96 Å². The predicted octanol–water partition coefficient (Wildman–Crippen LogP) is 2.38. The molecule has 1 atom stereocenters. The minimum absolute atomic E-state index is 0. The van der Waals surface area contributed by atoms with E-state index in [1.54, 1.807) is 0 Å². The van der Waals surface area contributed by atoms with Crippen LogP contribution in [0.1, 0.15) is 37.7 Å². The molecule has 1 aromatic rings. The lowest BCUT2D eigenvalue weighted by molar-refractivity contribution is -0.139. The highest BCUT2D eigenvalue weighted by atomic mass is 127. The van der Waals surface area contributed by atoms with Gasteiger partial charge in [-0.25, -0.2) is 0 Å². The van der Waals surface area contributed by atoms with Gasteiger partial charge in [0.1, 0.15) is 0 Å². The molecule has 2 aliphatic heterocycles. The number of hydrogen-bond donors (Lipinski definition) is 2. The highest BCUT2D eigenvalue weighted by Gasteiger charge is 2.31. The first-order valence-corrected chi connectivity index (χ1v) is 12.5. The van der Waals surface area contributed by atoms with Crippen molar-refractivity contribution in [3.63, 3.8) is 0 Å². The average molecular weight is 569 g/mol. The number of nitrogens with zero attached hydrogens (tertiary/aromatic N) is 4.